The molecule has 12 heteroatoms. The Balaban J connectivity index is 1.39. The molecule has 0 amide bonds. The minimum Gasteiger partial charge on any atom is -0.373 e. The summed E-state index contributed by atoms with van der Waals surface area (Å²) in [6, 6.07) is 19.1. The molecule has 1 aromatic heterocycles. The van der Waals surface area contributed by atoms with Gasteiger partial charge in [0.2, 0.25) is 0 Å². The summed E-state index contributed by atoms with van der Waals surface area (Å²) in [6.45, 7) is 1.04. The number of fused-ring (bicyclic) bond motifs is 1. The molecule has 42 heavy (non-hydrogen) atoms. The van der Waals surface area contributed by atoms with Gasteiger partial charge in [0.15, 0.2) is 0 Å². The summed E-state index contributed by atoms with van der Waals surface area (Å²) >= 11 is 12.7. The summed E-state index contributed by atoms with van der Waals surface area (Å²) in [5.74, 6) is -0.547. The van der Waals surface area contributed by atoms with Crippen molar-refractivity contribution >= 4 is 51.2 Å². The van der Waals surface area contributed by atoms with Crippen molar-refractivity contribution < 1.29 is 8.78 Å². The van der Waals surface area contributed by atoms with Crippen LogP contribution >= 0.6 is 23.2 Å². The number of nitrogens with zero attached hydrogens (tertiary/aromatic N) is 3. The zero-order valence-electron chi connectivity index (χ0n) is 22.1. The van der Waals surface area contributed by atoms with Gasteiger partial charge in [0, 0.05) is 35.7 Å². The Kier molecular flexibility index (Phi) is 8.00. The summed E-state index contributed by atoms with van der Waals surface area (Å²) in [6.07, 6.45) is 2.96. The number of hydrogen-bond donors (Lipinski definition) is 5. The fourth-order valence-corrected chi connectivity index (χ4v) is 5.67. The van der Waals surface area contributed by atoms with Crippen LogP contribution in [0.3, 0.4) is 0 Å². The van der Waals surface area contributed by atoms with Gasteiger partial charge >= 0.3 is 0 Å². The number of halogens is 4. The Morgan fingerprint density at radius 3 is 2.64 bits per heavy atom. The van der Waals surface area contributed by atoms with Crippen molar-refractivity contribution in [1.29, 1.82) is 5.26 Å². The van der Waals surface area contributed by atoms with Crippen molar-refractivity contribution in [2.45, 2.75) is 24.7 Å². The van der Waals surface area contributed by atoms with Gasteiger partial charge in [-0.2, -0.15) is 5.26 Å². The number of pyridine rings is 1. The Bertz CT molecular complexity index is 1690. The molecular weight excluding hydrogens is 581 g/mol. The van der Waals surface area contributed by atoms with Gasteiger partial charge in [-0.1, -0.05) is 53.5 Å². The first kappa shape index (κ1) is 28.0. The Hall–Kier alpha value is -4.14. The number of hydrogen-bond acceptors (Lipinski definition) is 8. The molecule has 1 fully saturated rings. The Morgan fingerprint density at radius 2 is 1.88 bits per heavy atom. The fraction of sp³-hybridized carbons (Fsp3) is 0.200. The summed E-state index contributed by atoms with van der Waals surface area (Å²) in [5, 5.41) is 22.4. The van der Waals surface area contributed by atoms with Crippen LogP contribution in [0.1, 0.15) is 23.6 Å². The Labute approximate surface area is 251 Å². The summed E-state index contributed by atoms with van der Waals surface area (Å²) in [4.78, 5) is 4.42. The zero-order chi connectivity index (χ0) is 29.2. The maximum atomic E-state index is 14.7. The number of rotatable bonds is 7. The molecule has 3 atom stereocenters. The second kappa shape index (κ2) is 12.0. The number of benzene rings is 3. The highest BCUT2D eigenvalue weighted by Crippen LogP contribution is 2.37. The molecule has 5 N–H and O–H groups in total. The SMILES string of the molecule is N#Cc1cnc2c(Cl)cc(N[C@H](C3=CN(C4CCNC[C@H]4F)NN3)c3ccccc3)cc2c1Nc1ccc(F)c(Cl)c1. The molecule has 0 radical (unpaired) electrons. The minimum absolute atomic E-state index is 0.0495. The number of anilines is 3. The van der Waals surface area contributed by atoms with Crippen molar-refractivity contribution in [2.24, 2.45) is 0 Å². The standard InChI is InChI=1S/C30H26Cl2F2N8/c31-22-11-19(6-7-24(22)33)38-28-18(13-35)14-37-30-21(28)10-20(12-23(30)32)39-29(17-4-2-1-3-5-17)26-16-42(41-40-26)27-8-9-36-15-25(27)34/h1-7,10-12,14,16,25,27,29,36,39-41H,8-9,15H2,(H,37,38)/t25-,27?,29+/m1/s1. The van der Waals surface area contributed by atoms with Crippen LogP contribution in [0.4, 0.5) is 25.8 Å². The van der Waals surface area contributed by atoms with Crippen molar-refractivity contribution in [3.63, 3.8) is 0 Å². The van der Waals surface area contributed by atoms with E-state index in [1.165, 1.54) is 24.4 Å². The van der Waals surface area contributed by atoms with Crippen LogP contribution in [-0.4, -0.2) is 35.3 Å². The molecule has 214 valence electrons. The summed E-state index contributed by atoms with van der Waals surface area (Å²) < 4.78 is 28.5. The number of aromatic nitrogens is 1. The van der Waals surface area contributed by atoms with Crippen LogP contribution in [0.2, 0.25) is 10.0 Å². The molecule has 1 saturated heterocycles. The van der Waals surface area contributed by atoms with Gasteiger partial charge in [-0.15, -0.1) is 5.53 Å². The first-order chi connectivity index (χ1) is 20.4. The second-order valence-corrected chi connectivity index (χ2v) is 10.9. The Morgan fingerprint density at radius 1 is 1.07 bits per heavy atom. The van der Waals surface area contributed by atoms with Crippen LogP contribution in [0.25, 0.3) is 10.9 Å². The molecule has 3 heterocycles. The van der Waals surface area contributed by atoms with Crippen LogP contribution < -0.4 is 26.9 Å². The van der Waals surface area contributed by atoms with E-state index in [0.29, 0.717) is 46.0 Å². The summed E-state index contributed by atoms with van der Waals surface area (Å²) in [5.41, 5.74) is 10.4. The highest BCUT2D eigenvalue weighted by Gasteiger charge is 2.33. The van der Waals surface area contributed by atoms with Crippen molar-refractivity contribution in [2.75, 3.05) is 23.7 Å². The quantitative estimate of drug-likeness (QED) is 0.167. The van der Waals surface area contributed by atoms with E-state index in [2.05, 4.69) is 38.0 Å². The monoisotopic (exact) mass is 606 g/mol. The first-order valence-corrected chi connectivity index (χ1v) is 14.1. The molecule has 0 bridgehead atoms. The van der Waals surface area contributed by atoms with E-state index < -0.39 is 12.0 Å². The molecule has 2 aliphatic heterocycles. The van der Waals surface area contributed by atoms with Gasteiger partial charge in [-0.3, -0.25) is 9.99 Å². The molecule has 0 saturated carbocycles. The predicted octanol–water partition coefficient (Wildman–Crippen LogP) is 6.32. The van der Waals surface area contributed by atoms with Gasteiger partial charge in [0.1, 0.15) is 18.1 Å². The molecule has 3 aromatic carbocycles. The van der Waals surface area contributed by atoms with Gasteiger partial charge in [-0.25, -0.2) is 8.78 Å². The highest BCUT2D eigenvalue weighted by molar-refractivity contribution is 6.36. The average molecular weight is 607 g/mol. The molecule has 2 aliphatic rings. The second-order valence-electron chi connectivity index (χ2n) is 10.1. The molecule has 4 aromatic rings. The number of nitrogens with one attached hydrogen (secondary N) is 5. The third kappa shape index (κ3) is 5.65. The predicted molar refractivity (Wildman–Crippen MR) is 161 cm³/mol. The van der Waals surface area contributed by atoms with E-state index in [4.69, 9.17) is 23.2 Å². The average Bonchev–Trinajstić information content (AvgIpc) is 3.48. The molecule has 6 rings (SSSR count). The van der Waals surface area contributed by atoms with Crippen LogP contribution in [0.5, 0.6) is 0 Å². The van der Waals surface area contributed by atoms with Crippen LogP contribution in [0.15, 0.2) is 78.8 Å². The van der Waals surface area contributed by atoms with Gasteiger partial charge in [0.25, 0.3) is 0 Å². The minimum atomic E-state index is -1.02. The van der Waals surface area contributed by atoms with Crippen molar-refractivity contribution in [3.05, 3.63) is 106 Å². The lowest BCUT2D eigenvalue weighted by atomic mass is 10.0. The largest absolute Gasteiger partial charge is 0.373 e. The van der Waals surface area contributed by atoms with Crippen LogP contribution in [-0.2, 0) is 0 Å². The molecule has 0 spiro atoms. The maximum absolute atomic E-state index is 14.7. The summed E-state index contributed by atoms with van der Waals surface area (Å²) in [7, 11) is 0. The lowest BCUT2D eigenvalue weighted by molar-refractivity contribution is 0.0854. The third-order valence-corrected chi connectivity index (χ3v) is 7.91. The van der Waals surface area contributed by atoms with Crippen molar-refractivity contribution in [3.8, 4) is 6.07 Å². The lowest BCUT2D eigenvalue weighted by Gasteiger charge is -2.33. The highest BCUT2D eigenvalue weighted by atomic mass is 35.5. The van der Waals surface area contributed by atoms with E-state index in [1.807, 2.05) is 42.6 Å². The van der Waals surface area contributed by atoms with E-state index in [9.17, 15) is 14.0 Å². The van der Waals surface area contributed by atoms with E-state index >= 15 is 0 Å². The zero-order valence-corrected chi connectivity index (χ0v) is 23.6. The number of nitriles is 1. The maximum Gasteiger partial charge on any atom is 0.141 e. The third-order valence-electron chi connectivity index (χ3n) is 7.33. The normalized spacial score (nSPS) is 19.1. The smallest absolute Gasteiger partial charge is 0.141 e. The fourth-order valence-electron chi connectivity index (χ4n) is 5.22. The molecule has 0 aliphatic carbocycles. The van der Waals surface area contributed by atoms with Crippen LogP contribution in [0, 0.1) is 17.1 Å². The van der Waals surface area contributed by atoms with Gasteiger partial charge in [-0.05, 0) is 48.9 Å². The van der Waals surface area contributed by atoms with E-state index in [0.717, 1.165) is 17.8 Å². The lowest BCUT2D eigenvalue weighted by Crippen LogP contribution is -2.53. The molecule has 8 nitrogen and oxygen atoms in total. The molecule has 1 unspecified atom stereocenters. The van der Waals surface area contributed by atoms with Gasteiger partial charge in [0.05, 0.1) is 44.6 Å². The number of alkyl halides is 1. The number of piperidine rings is 1. The van der Waals surface area contributed by atoms with E-state index in [1.54, 1.807) is 11.1 Å². The van der Waals surface area contributed by atoms with Gasteiger partial charge < -0.3 is 21.4 Å². The topological polar surface area (TPSA) is 100 Å². The van der Waals surface area contributed by atoms with E-state index in [-0.39, 0.29) is 22.7 Å². The van der Waals surface area contributed by atoms with Crippen molar-refractivity contribution in [1.82, 2.24) is 26.3 Å². The molecular formula is C30H26Cl2F2N8. The first-order valence-electron chi connectivity index (χ1n) is 13.3. The number of hydrazine groups is 2.